The minimum Gasteiger partial charge on any atom is -0.496 e. The van der Waals surface area contributed by atoms with Crippen LogP contribution in [-0.2, 0) is 13.0 Å². The monoisotopic (exact) mass is 293 g/mol. The van der Waals surface area contributed by atoms with E-state index in [0.717, 1.165) is 11.4 Å². The fraction of sp³-hybridized carbons (Fsp3) is 0.308. The van der Waals surface area contributed by atoms with Gasteiger partial charge in [0.2, 0.25) is 0 Å². The highest BCUT2D eigenvalue weighted by Gasteiger charge is 2.15. The number of aryl methyl sites for hydroxylation is 1. The lowest BCUT2D eigenvalue weighted by molar-refractivity contribution is -0.384. The molecule has 1 aromatic carbocycles. The van der Waals surface area contributed by atoms with Crippen LogP contribution in [0.4, 0.5) is 11.4 Å². The number of methoxy groups -OCH3 is 1. The standard InChI is InChI=1S/C13H15N3O3S/c1-3-10-7-15-13(20-10)8-14-11-5-4-9(19-2)6-12(11)16(17)18/h4-7,14H,3,8H2,1-2H3. The number of thiazole rings is 1. The minimum atomic E-state index is -0.426. The van der Waals surface area contributed by atoms with Crippen LogP contribution in [0.5, 0.6) is 5.75 Å². The molecule has 0 bridgehead atoms. The van der Waals surface area contributed by atoms with Crippen LogP contribution in [0.25, 0.3) is 0 Å². The molecule has 0 saturated heterocycles. The van der Waals surface area contributed by atoms with Gasteiger partial charge in [-0.1, -0.05) is 6.92 Å². The van der Waals surface area contributed by atoms with Crippen LogP contribution in [0, 0.1) is 10.1 Å². The summed E-state index contributed by atoms with van der Waals surface area (Å²) in [7, 11) is 1.48. The summed E-state index contributed by atoms with van der Waals surface area (Å²) in [5.74, 6) is 0.463. The third kappa shape index (κ3) is 3.24. The normalized spacial score (nSPS) is 10.3. The van der Waals surface area contributed by atoms with Crippen LogP contribution < -0.4 is 10.1 Å². The summed E-state index contributed by atoms with van der Waals surface area (Å²) >= 11 is 1.61. The fourth-order valence-corrected chi connectivity index (χ4v) is 2.51. The highest BCUT2D eigenvalue weighted by molar-refractivity contribution is 7.11. The second kappa shape index (κ2) is 6.33. The van der Waals surface area contributed by atoms with E-state index in [2.05, 4.69) is 17.2 Å². The molecule has 2 rings (SSSR count). The number of nitrogens with zero attached hydrogens (tertiary/aromatic N) is 2. The molecular weight excluding hydrogens is 278 g/mol. The van der Waals surface area contributed by atoms with E-state index in [1.54, 1.807) is 23.5 Å². The van der Waals surface area contributed by atoms with Gasteiger partial charge in [-0.05, 0) is 18.6 Å². The predicted octanol–water partition coefficient (Wildman–Crippen LogP) is 3.23. The zero-order valence-electron chi connectivity index (χ0n) is 11.3. The first-order valence-corrected chi connectivity index (χ1v) is 6.95. The molecule has 7 heteroatoms. The van der Waals surface area contributed by atoms with Crippen molar-refractivity contribution in [2.24, 2.45) is 0 Å². The number of rotatable bonds is 6. The second-order valence-electron chi connectivity index (χ2n) is 4.07. The number of ether oxygens (including phenoxy) is 1. The average Bonchev–Trinajstić information content (AvgIpc) is 2.92. The van der Waals surface area contributed by atoms with Crippen LogP contribution in [0.15, 0.2) is 24.4 Å². The Morgan fingerprint density at radius 2 is 2.30 bits per heavy atom. The van der Waals surface area contributed by atoms with E-state index in [1.807, 2.05) is 6.20 Å². The lowest BCUT2D eigenvalue weighted by Gasteiger charge is -2.07. The Kier molecular flexibility index (Phi) is 4.52. The van der Waals surface area contributed by atoms with Crippen molar-refractivity contribution in [3.05, 3.63) is 44.4 Å². The van der Waals surface area contributed by atoms with Crippen molar-refractivity contribution < 1.29 is 9.66 Å². The molecule has 0 saturated carbocycles. The van der Waals surface area contributed by atoms with E-state index in [1.165, 1.54) is 18.1 Å². The molecule has 1 heterocycles. The van der Waals surface area contributed by atoms with Crippen molar-refractivity contribution in [3.63, 3.8) is 0 Å². The summed E-state index contributed by atoms with van der Waals surface area (Å²) in [6.45, 7) is 2.54. The predicted molar refractivity (Wildman–Crippen MR) is 78.5 cm³/mol. The van der Waals surface area contributed by atoms with Crippen LogP contribution in [-0.4, -0.2) is 17.0 Å². The molecule has 20 heavy (non-hydrogen) atoms. The van der Waals surface area contributed by atoms with E-state index in [9.17, 15) is 10.1 Å². The Balaban J connectivity index is 2.14. The number of hydrogen-bond acceptors (Lipinski definition) is 6. The molecule has 0 radical (unpaired) electrons. The number of benzene rings is 1. The summed E-state index contributed by atoms with van der Waals surface area (Å²) in [6.07, 6.45) is 2.78. The van der Waals surface area contributed by atoms with Gasteiger partial charge in [-0.25, -0.2) is 4.98 Å². The third-order valence-corrected chi connectivity index (χ3v) is 3.92. The number of hydrogen-bond donors (Lipinski definition) is 1. The summed E-state index contributed by atoms with van der Waals surface area (Å²) in [4.78, 5) is 16.1. The summed E-state index contributed by atoms with van der Waals surface area (Å²) < 4.78 is 5.00. The van der Waals surface area contributed by atoms with Gasteiger partial charge in [0.15, 0.2) is 0 Å². The molecule has 0 fully saturated rings. The SMILES string of the molecule is CCc1cnc(CNc2ccc(OC)cc2[N+](=O)[O-])s1. The summed E-state index contributed by atoms with van der Waals surface area (Å²) in [5, 5.41) is 15.0. The van der Waals surface area contributed by atoms with Gasteiger partial charge < -0.3 is 10.1 Å². The maximum absolute atomic E-state index is 11.0. The summed E-state index contributed by atoms with van der Waals surface area (Å²) in [6, 6.07) is 4.74. The Hall–Kier alpha value is -2.15. The molecule has 106 valence electrons. The largest absolute Gasteiger partial charge is 0.496 e. The van der Waals surface area contributed by atoms with Crippen LogP contribution >= 0.6 is 11.3 Å². The maximum atomic E-state index is 11.0. The molecule has 0 spiro atoms. The van der Waals surface area contributed by atoms with Gasteiger partial charge in [0, 0.05) is 11.1 Å². The van der Waals surface area contributed by atoms with Crippen LogP contribution in [0.1, 0.15) is 16.8 Å². The van der Waals surface area contributed by atoms with E-state index < -0.39 is 4.92 Å². The molecule has 1 N–H and O–H groups in total. The molecule has 0 aliphatic heterocycles. The van der Waals surface area contributed by atoms with E-state index in [4.69, 9.17) is 4.74 Å². The van der Waals surface area contributed by atoms with Gasteiger partial charge in [-0.15, -0.1) is 11.3 Å². The topological polar surface area (TPSA) is 77.3 Å². The van der Waals surface area contributed by atoms with Gasteiger partial charge in [0.1, 0.15) is 16.4 Å². The van der Waals surface area contributed by atoms with Gasteiger partial charge in [-0.3, -0.25) is 10.1 Å². The van der Waals surface area contributed by atoms with Gasteiger partial charge in [-0.2, -0.15) is 0 Å². The third-order valence-electron chi connectivity index (χ3n) is 2.78. The molecule has 0 amide bonds. The molecule has 6 nitrogen and oxygen atoms in total. The zero-order chi connectivity index (χ0) is 14.5. The van der Waals surface area contributed by atoms with E-state index >= 15 is 0 Å². The lowest BCUT2D eigenvalue weighted by Crippen LogP contribution is -2.02. The second-order valence-corrected chi connectivity index (χ2v) is 5.27. The first-order chi connectivity index (χ1) is 9.63. The maximum Gasteiger partial charge on any atom is 0.296 e. The van der Waals surface area contributed by atoms with Crippen molar-refractivity contribution >= 4 is 22.7 Å². The zero-order valence-corrected chi connectivity index (χ0v) is 12.1. The highest BCUT2D eigenvalue weighted by atomic mass is 32.1. The first-order valence-electron chi connectivity index (χ1n) is 6.14. The van der Waals surface area contributed by atoms with Crippen molar-refractivity contribution in [2.45, 2.75) is 19.9 Å². The molecule has 0 atom stereocenters. The van der Waals surface area contributed by atoms with Crippen molar-refractivity contribution in [2.75, 3.05) is 12.4 Å². The number of aromatic nitrogens is 1. The van der Waals surface area contributed by atoms with Crippen LogP contribution in [0.3, 0.4) is 0 Å². The van der Waals surface area contributed by atoms with Crippen LogP contribution in [0.2, 0.25) is 0 Å². The minimum absolute atomic E-state index is 0.00313. The highest BCUT2D eigenvalue weighted by Crippen LogP contribution is 2.29. The lowest BCUT2D eigenvalue weighted by atomic mass is 10.2. The molecule has 2 aromatic rings. The van der Waals surface area contributed by atoms with E-state index in [0.29, 0.717) is 18.0 Å². The van der Waals surface area contributed by atoms with Gasteiger partial charge in [0.05, 0.1) is 24.6 Å². The number of anilines is 1. The molecule has 1 aromatic heterocycles. The Labute approximate surface area is 120 Å². The smallest absolute Gasteiger partial charge is 0.296 e. The number of nitro benzene ring substituents is 1. The first kappa shape index (κ1) is 14.3. The molecule has 0 aliphatic rings. The van der Waals surface area contributed by atoms with Crippen molar-refractivity contribution in [1.29, 1.82) is 0 Å². The average molecular weight is 293 g/mol. The number of nitrogens with one attached hydrogen (secondary N) is 1. The van der Waals surface area contributed by atoms with Crippen molar-refractivity contribution in [3.8, 4) is 5.75 Å². The van der Waals surface area contributed by atoms with E-state index in [-0.39, 0.29) is 5.69 Å². The number of nitro groups is 1. The Bertz CT molecular complexity index is 613. The molecule has 0 aliphatic carbocycles. The molecule has 0 unspecified atom stereocenters. The van der Waals surface area contributed by atoms with Gasteiger partial charge >= 0.3 is 0 Å². The Morgan fingerprint density at radius 3 is 2.90 bits per heavy atom. The van der Waals surface area contributed by atoms with Gasteiger partial charge in [0.25, 0.3) is 5.69 Å². The summed E-state index contributed by atoms with van der Waals surface area (Å²) in [5.41, 5.74) is 0.459. The van der Waals surface area contributed by atoms with Crippen molar-refractivity contribution in [1.82, 2.24) is 4.98 Å². The molecular formula is C13H15N3O3S. The fourth-order valence-electron chi connectivity index (χ4n) is 1.70. The quantitative estimate of drug-likeness (QED) is 0.653. The Morgan fingerprint density at radius 1 is 1.50 bits per heavy atom.